The average molecular weight is 368 g/mol. The van der Waals surface area contributed by atoms with Gasteiger partial charge in [0.25, 0.3) is 0 Å². The van der Waals surface area contributed by atoms with Crippen LogP contribution in [0.2, 0.25) is 0 Å². The molecule has 2 rings (SSSR count). The van der Waals surface area contributed by atoms with Crippen molar-refractivity contribution in [3.8, 4) is 0 Å². The van der Waals surface area contributed by atoms with Gasteiger partial charge in [-0.3, -0.25) is 0 Å². The number of hydrogen-bond donors (Lipinski definition) is 6. The van der Waals surface area contributed by atoms with Gasteiger partial charge in [0.15, 0.2) is 12.6 Å². The number of aliphatic hydroxyl groups excluding tert-OH is 6. The van der Waals surface area contributed by atoms with Crippen molar-refractivity contribution in [3.05, 3.63) is 0 Å². The quantitative estimate of drug-likeness (QED) is 0.303. The molecular weight excluding hydrogens is 340 g/mol. The molecule has 2 saturated heterocycles. The normalized spacial score (nSPS) is 46.2. The van der Waals surface area contributed by atoms with Gasteiger partial charge >= 0.3 is 0 Å². The Morgan fingerprint density at radius 3 is 2.12 bits per heavy atom. The second-order valence-electron chi connectivity index (χ2n) is 7.29. The van der Waals surface area contributed by atoms with Crippen LogP contribution in [0, 0.1) is 0 Å². The standard InChI is InChI=1S/C15H28O10/c1-15(2,3)25-14-12(8(18)6(17)5-22-14)24-13-11(21)10(20)9(19)7(4-16)23-13/h6-14,16-21H,4-5H2,1-3H3. The Kier molecular flexibility index (Phi) is 6.77. The summed E-state index contributed by atoms with van der Waals surface area (Å²) in [5, 5.41) is 58.9. The van der Waals surface area contributed by atoms with Crippen LogP contribution in [0.4, 0.5) is 0 Å². The summed E-state index contributed by atoms with van der Waals surface area (Å²) in [6.07, 6.45) is -12.4. The summed E-state index contributed by atoms with van der Waals surface area (Å²) in [6.45, 7) is 4.51. The zero-order chi connectivity index (χ0) is 18.9. The van der Waals surface area contributed by atoms with Gasteiger partial charge in [0.05, 0.1) is 18.8 Å². The molecule has 0 aliphatic carbocycles. The van der Waals surface area contributed by atoms with E-state index in [1.807, 2.05) is 0 Å². The smallest absolute Gasteiger partial charge is 0.187 e. The molecule has 0 aromatic rings. The molecular formula is C15H28O10. The van der Waals surface area contributed by atoms with E-state index in [4.69, 9.17) is 18.9 Å². The Balaban J connectivity index is 2.14. The maximum atomic E-state index is 10.2. The number of rotatable bonds is 4. The van der Waals surface area contributed by atoms with E-state index in [0.717, 1.165) is 0 Å². The summed E-state index contributed by atoms with van der Waals surface area (Å²) in [5.74, 6) is 0. The summed E-state index contributed by atoms with van der Waals surface area (Å²) in [6, 6.07) is 0. The van der Waals surface area contributed by atoms with E-state index in [1.54, 1.807) is 20.8 Å². The highest BCUT2D eigenvalue weighted by Gasteiger charge is 2.49. The third kappa shape index (κ3) is 4.86. The van der Waals surface area contributed by atoms with Crippen molar-refractivity contribution in [2.75, 3.05) is 13.2 Å². The lowest BCUT2D eigenvalue weighted by atomic mass is 9.99. The molecule has 0 spiro atoms. The van der Waals surface area contributed by atoms with E-state index in [2.05, 4.69) is 0 Å². The van der Waals surface area contributed by atoms with Crippen molar-refractivity contribution in [1.82, 2.24) is 0 Å². The molecule has 2 aliphatic rings. The second kappa shape index (κ2) is 8.09. The molecule has 2 fully saturated rings. The van der Waals surface area contributed by atoms with E-state index < -0.39 is 67.5 Å². The molecule has 10 heteroatoms. The molecule has 2 aliphatic heterocycles. The lowest BCUT2D eigenvalue weighted by molar-refractivity contribution is -0.364. The molecule has 2 heterocycles. The van der Waals surface area contributed by atoms with E-state index in [1.165, 1.54) is 0 Å². The summed E-state index contributed by atoms with van der Waals surface area (Å²) in [7, 11) is 0. The van der Waals surface area contributed by atoms with Crippen molar-refractivity contribution in [2.45, 2.75) is 81.7 Å². The van der Waals surface area contributed by atoms with Gasteiger partial charge in [-0.05, 0) is 20.8 Å². The van der Waals surface area contributed by atoms with Crippen LogP contribution in [0.25, 0.3) is 0 Å². The fourth-order valence-electron chi connectivity index (χ4n) is 2.70. The molecule has 9 unspecified atom stereocenters. The van der Waals surface area contributed by atoms with Gasteiger partial charge in [-0.25, -0.2) is 0 Å². The van der Waals surface area contributed by atoms with E-state index in [-0.39, 0.29) is 6.61 Å². The van der Waals surface area contributed by atoms with Crippen LogP contribution in [0.15, 0.2) is 0 Å². The molecule has 0 saturated carbocycles. The van der Waals surface area contributed by atoms with Gasteiger partial charge < -0.3 is 49.6 Å². The van der Waals surface area contributed by atoms with Gasteiger partial charge in [0.1, 0.15) is 42.7 Å². The lowest BCUT2D eigenvalue weighted by Gasteiger charge is -2.45. The molecule has 148 valence electrons. The SMILES string of the molecule is CC(C)(C)OC1OCC(O)C(O)C1OC1OC(CO)C(O)C(O)C1O. The fraction of sp³-hybridized carbons (Fsp3) is 1.00. The van der Waals surface area contributed by atoms with Crippen LogP contribution >= 0.6 is 0 Å². The topological polar surface area (TPSA) is 158 Å². The van der Waals surface area contributed by atoms with Gasteiger partial charge in [-0.1, -0.05) is 0 Å². The Hall–Kier alpha value is -0.400. The molecule has 6 N–H and O–H groups in total. The van der Waals surface area contributed by atoms with Gasteiger partial charge in [0, 0.05) is 0 Å². The van der Waals surface area contributed by atoms with Crippen LogP contribution in [0.5, 0.6) is 0 Å². The largest absolute Gasteiger partial charge is 0.394 e. The first kappa shape index (κ1) is 20.9. The van der Waals surface area contributed by atoms with Crippen LogP contribution in [0.3, 0.4) is 0 Å². The Bertz CT molecular complexity index is 425. The zero-order valence-electron chi connectivity index (χ0n) is 14.4. The lowest BCUT2D eigenvalue weighted by Crippen LogP contribution is -2.63. The van der Waals surface area contributed by atoms with Crippen LogP contribution in [-0.4, -0.2) is 105 Å². The van der Waals surface area contributed by atoms with Gasteiger partial charge in [-0.2, -0.15) is 0 Å². The second-order valence-corrected chi connectivity index (χ2v) is 7.29. The Morgan fingerprint density at radius 1 is 0.920 bits per heavy atom. The monoisotopic (exact) mass is 368 g/mol. The third-order valence-electron chi connectivity index (χ3n) is 4.04. The minimum atomic E-state index is -1.64. The first-order chi connectivity index (χ1) is 11.5. The number of ether oxygens (including phenoxy) is 4. The molecule has 9 atom stereocenters. The van der Waals surface area contributed by atoms with Crippen molar-refractivity contribution >= 4 is 0 Å². The Morgan fingerprint density at radius 2 is 1.56 bits per heavy atom. The third-order valence-corrected chi connectivity index (χ3v) is 4.04. The predicted molar refractivity (Wildman–Crippen MR) is 81.2 cm³/mol. The highest BCUT2D eigenvalue weighted by Crippen LogP contribution is 2.29. The van der Waals surface area contributed by atoms with Crippen molar-refractivity contribution in [1.29, 1.82) is 0 Å². The molecule has 0 amide bonds. The highest BCUT2D eigenvalue weighted by atomic mass is 16.8. The van der Waals surface area contributed by atoms with Crippen molar-refractivity contribution in [3.63, 3.8) is 0 Å². The first-order valence-electron chi connectivity index (χ1n) is 8.16. The summed E-state index contributed by atoms with van der Waals surface area (Å²) in [5.41, 5.74) is -0.649. The van der Waals surface area contributed by atoms with E-state index in [9.17, 15) is 30.6 Å². The fourth-order valence-corrected chi connectivity index (χ4v) is 2.70. The maximum Gasteiger partial charge on any atom is 0.187 e. The molecule has 25 heavy (non-hydrogen) atoms. The average Bonchev–Trinajstić information content (AvgIpc) is 2.53. The summed E-state index contributed by atoms with van der Waals surface area (Å²) in [4.78, 5) is 0. The van der Waals surface area contributed by atoms with Crippen LogP contribution < -0.4 is 0 Å². The zero-order valence-corrected chi connectivity index (χ0v) is 14.4. The molecule has 0 bridgehead atoms. The van der Waals surface area contributed by atoms with Crippen LogP contribution in [0.1, 0.15) is 20.8 Å². The minimum absolute atomic E-state index is 0.170. The van der Waals surface area contributed by atoms with E-state index in [0.29, 0.717) is 0 Å². The van der Waals surface area contributed by atoms with Crippen molar-refractivity contribution < 1.29 is 49.6 Å². The number of aliphatic hydroxyl groups is 6. The molecule has 10 nitrogen and oxygen atoms in total. The van der Waals surface area contributed by atoms with Gasteiger partial charge in [0.2, 0.25) is 0 Å². The van der Waals surface area contributed by atoms with Crippen LogP contribution in [-0.2, 0) is 18.9 Å². The summed E-state index contributed by atoms with van der Waals surface area (Å²) >= 11 is 0. The highest BCUT2D eigenvalue weighted by molar-refractivity contribution is 4.91. The molecule has 0 aromatic carbocycles. The van der Waals surface area contributed by atoms with E-state index >= 15 is 0 Å². The predicted octanol–water partition coefficient (Wildman–Crippen LogP) is -2.94. The van der Waals surface area contributed by atoms with Gasteiger partial charge in [-0.15, -0.1) is 0 Å². The minimum Gasteiger partial charge on any atom is -0.394 e. The summed E-state index contributed by atoms with van der Waals surface area (Å²) < 4.78 is 21.8. The molecule has 0 aromatic heterocycles. The first-order valence-corrected chi connectivity index (χ1v) is 8.16. The molecule has 0 radical (unpaired) electrons. The number of hydrogen-bond acceptors (Lipinski definition) is 10. The maximum absolute atomic E-state index is 10.2. The Labute approximate surface area is 145 Å². The van der Waals surface area contributed by atoms with Crippen molar-refractivity contribution in [2.24, 2.45) is 0 Å².